The molecule has 0 spiro atoms. The normalized spacial score (nSPS) is 13.1. The summed E-state index contributed by atoms with van der Waals surface area (Å²) >= 11 is 0. The van der Waals surface area contributed by atoms with Gasteiger partial charge in [-0.05, 0) is 54.1 Å². The predicted octanol–water partition coefficient (Wildman–Crippen LogP) is 4.27. The van der Waals surface area contributed by atoms with E-state index in [4.69, 9.17) is 0 Å². The third kappa shape index (κ3) is 4.40. The number of benzene rings is 1. The fourth-order valence-corrected chi connectivity index (χ4v) is 2.55. The Hall–Kier alpha value is -1.67. The van der Waals surface area contributed by atoms with E-state index in [9.17, 15) is 0 Å². The van der Waals surface area contributed by atoms with Crippen molar-refractivity contribution in [2.45, 2.75) is 45.1 Å². The van der Waals surface area contributed by atoms with E-state index >= 15 is 0 Å². The van der Waals surface area contributed by atoms with Gasteiger partial charge in [-0.15, -0.1) is 0 Å². The van der Waals surface area contributed by atoms with E-state index in [2.05, 4.69) is 67.5 Å². The molecule has 0 radical (unpaired) electrons. The molecule has 1 aromatic carbocycles. The highest BCUT2D eigenvalue weighted by atomic mass is 14.9. The van der Waals surface area contributed by atoms with E-state index in [1.165, 1.54) is 16.7 Å². The number of nitrogens with zero attached hydrogens (tertiary/aromatic N) is 1. The van der Waals surface area contributed by atoms with Gasteiger partial charge >= 0.3 is 0 Å². The Kier molecular flexibility index (Phi) is 5.13. The van der Waals surface area contributed by atoms with Crippen LogP contribution >= 0.6 is 0 Å². The summed E-state index contributed by atoms with van der Waals surface area (Å²) in [5, 5.41) is 3.43. The Bertz CT molecular complexity index is 538. The van der Waals surface area contributed by atoms with Crippen LogP contribution in [-0.2, 0) is 11.8 Å². The summed E-state index contributed by atoms with van der Waals surface area (Å²) in [4.78, 5) is 4.07. The van der Waals surface area contributed by atoms with Crippen LogP contribution in [0.1, 0.15) is 49.9 Å². The minimum atomic E-state index is 0.213. The van der Waals surface area contributed by atoms with Crippen LogP contribution in [-0.4, -0.2) is 12.0 Å². The van der Waals surface area contributed by atoms with Gasteiger partial charge in [0.2, 0.25) is 0 Å². The molecule has 1 aromatic heterocycles. The molecule has 2 heteroatoms. The van der Waals surface area contributed by atoms with E-state index in [1.807, 2.05) is 19.4 Å². The lowest BCUT2D eigenvalue weighted by atomic mass is 9.86. The Morgan fingerprint density at radius 1 is 1.00 bits per heavy atom. The van der Waals surface area contributed by atoms with Gasteiger partial charge in [0.25, 0.3) is 0 Å². The highest BCUT2D eigenvalue weighted by Gasteiger charge is 2.15. The summed E-state index contributed by atoms with van der Waals surface area (Å²) < 4.78 is 0. The molecule has 2 nitrogen and oxygen atoms in total. The number of hydrogen-bond donors (Lipinski definition) is 1. The van der Waals surface area contributed by atoms with E-state index in [-0.39, 0.29) is 5.41 Å². The van der Waals surface area contributed by atoms with Crippen LogP contribution in [0.3, 0.4) is 0 Å². The first-order chi connectivity index (χ1) is 10.0. The molecule has 1 unspecified atom stereocenters. The molecule has 0 aliphatic heterocycles. The summed E-state index contributed by atoms with van der Waals surface area (Å²) in [5.41, 5.74) is 4.30. The third-order valence-electron chi connectivity index (χ3n) is 4.00. The molecule has 1 heterocycles. The van der Waals surface area contributed by atoms with E-state index in [0.29, 0.717) is 6.04 Å². The smallest absolute Gasteiger partial charge is 0.0320 e. The second-order valence-electron chi connectivity index (χ2n) is 6.61. The standard InChI is InChI=1S/C19H26N2/c1-19(2,3)17-8-6-16(7-9-17)18(20-4)10-5-15-11-13-21-14-12-15/h6-9,11-14,18,20H,5,10H2,1-4H3. The topological polar surface area (TPSA) is 24.9 Å². The molecule has 1 N–H and O–H groups in total. The Labute approximate surface area is 128 Å². The zero-order valence-electron chi connectivity index (χ0n) is 13.6. The molecule has 2 rings (SSSR count). The highest BCUT2D eigenvalue weighted by molar-refractivity contribution is 5.29. The highest BCUT2D eigenvalue weighted by Crippen LogP contribution is 2.25. The molecular weight excluding hydrogens is 256 g/mol. The Morgan fingerprint density at radius 2 is 1.62 bits per heavy atom. The fraction of sp³-hybridized carbons (Fsp3) is 0.421. The van der Waals surface area contributed by atoms with Crippen LogP contribution < -0.4 is 5.32 Å². The molecule has 0 amide bonds. The lowest BCUT2D eigenvalue weighted by Crippen LogP contribution is -2.18. The van der Waals surface area contributed by atoms with Gasteiger partial charge < -0.3 is 5.32 Å². The van der Waals surface area contributed by atoms with Gasteiger partial charge in [-0.2, -0.15) is 0 Å². The molecule has 0 saturated heterocycles. The van der Waals surface area contributed by atoms with Crippen LogP contribution in [0, 0.1) is 0 Å². The molecule has 0 fully saturated rings. The van der Waals surface area contributed by atoms with Crippen molar-refractivity contribution in [3.8, 4) is 0 Å². The zero-order valence-corrected chi connectivity index (χ0v) is 13.6. The van der Waals surface area contributed by atoms with Crippen molar-refractivity contribution in [3.05, 3.63) is 65.5 Å². The number of hydrogen-bond acceptors (Lipinski definition) is 2. The second-order valence-corrected chi connectivity index (χ2v) is 6.61. The average molecular weight is 282 g/mol. The lowest BCUT2D eigenvalue weighted by molar-refractivity contribution is 0.547. The molecule has 0 aliphatic rings. The predicted molar refractivity (Wildman–Crippen MR) is 89.5 cm³/mol. The van der Waals surface area contributed by atoms with Gasteiger partial charge in [-0.1, -0.05) is 45.0 Å². The monoisotopic (exact) mass is 282 g/mol. The Morgan fingerprint density at radius 3 is 2.14 bits per heavy atom. The zero-order chi connectivity index (χ0) is 15.3. The first-order valence-corrected chi connectivity index (χ1v) is 7.67. The van der Waals surface area contributed by atoms with Crippen molar-refractivity contribution in [1.82, 2.24) is 10.3 Å². The fourth-order valence-electron chi connectivity index (χ4n) is 2.55. The summed E-state index contributed by atoms with van der Waals surface area (Å²) in [7, 11) is 2.04. The van der Waals surface area contributed by atoms with Gasteiger partial charge in [0.05, 0.1) is 0 Å². The van der Waals surface area contributed by atoms with Crippen LogP contribution in [0.4, 0.5) is 0 Å². The molecule has 112 valence electrons. The minimum absolute atomic E-state index is 0.213. The van der Waals surface area contributed by atoms with Gasteiger partial charge in [0.15, 0.2) is 0 Å². The van der Waals surface area contributed by atoms with Crippen LogP contribution in [0.15, 0.2) is 48.8 Å². The van der Waals surface area contributed by atoms with Crippen molar-refractivity contribution < 1.29 is 0 Å². The maximum absolute atomic E-state index is 4.07. The Balaban J connectivity index is 2.04. The van der Waals surface area contributed by atoms with Gasteiger partial charge in [0.1, 0.15) is 0 Å². The number of pyridine rings is 1. The first kappa shape index (κ1) is 15.7. The van der Waals surface area contributed by atoms with Crippen LogP contribution in [0.5, 0.6) is 0 Å². The van der Waals surface area contributed by atoms with Crippen molar-refractivity contribution in [2.75, 3.05) is 7.05 Å². The van der Waals surface area contributed by atoms with E-state index in [0.717, 1.165) is 12.8 Å². The van der Waals surface area contributed by atoms with Crippen LogP contribution in [0.2, 0.25) is 0 Å². The summed E-state index contributed by atoms with van der Waals surface area (Å²) in [6, 6.07) is 13.6. The number of nitrogens with one attached hydrogen (secondary N) is 1. The number of aromatic nitrogens is 1. The van der Waals surface area contributed by atoms with E-state index < -0.39 is 0 Å². The molecule has 0 bridgehead atoms. The molecule has 21 heavy (non-hydrogen) atoms. The van der Waals surface area contributed by atoms with Gasteiger partial charge in [-0.3, -0.25) is 4.98 Å². The largest absolute Gasteiger partial charge is 0.313 e. The van der Waals surface area contributed by atoms with Gasteiger partial charge in [0, 0.05) is 18.4 Å². The van der Waals surface area contributed by atoms with E-state index in [1.54, 1.807) is 0 Å². The van der Waals surface area contributed by atoms with Crippen molar-refractivity contribution >= 4 is 0 Å². The molecule has 2 aromatic rings. The average Bonchev–Trinajstić information content (AvgIpc) is 2.48. The van der Waals surface area contributed by atoms with Gasteiger partial charge in [-0.25, -0.2) is 0 Å². The summed E-state index contributed by atoms with van der Waals surface area (Å²) in [6.07, 6.45) is 5.88. The second kappa shape index (κ2) is 6.86. The summed E-state index contributed by atoms with van der Waals surface area (Å²) in [5.74, 6) is 0. The van der Waals surface area contributed by atoms with Crippen LogP contribution in [0.25, 0.3) is 0 Å². The first-order valence-electron chi connectivity index (χ1n) is 7.67. The number of rotatable bonds is 5. The maximum Gasteiger partial charge on any atom is 0.0320 e. The summed E-state index contributed by atoms with van der Waals surface area (Å²) in [6.45, 7) is 6.75. The molecular formula is C19H26N2. The lowest BCUT2D eigenvalue weighted by Gasteiger charge is -2.21. The quantitative estimate of drug-likeness (QED) is 0.885. The third-order valence-corrected chi connectivity index (χ3v) is 4.00. The van der Waals surface area contributed by atoms with Crippen molar-refractivity contribution in [1.29, 1.82) is 0 Å². The molecule has 0 saturated carbocycles. The number of aryl methyl sites for hydroxylation is 1. The molecule has 1 atom stereocenters. The maximum atomic E-state index is 4.07. The van der Waals surface area contributed by atoms with Crippen molar-refractivity contribution in [2.24, 2.45) is 0 Å². The molecule has 0 aliphatic carbocycles. The van der Waals surface area contributed by atoms with Crippen molar-refractivity contribution in [3.63, 3.8) is 0 Å². The SMILES string of the molecule is CNC(CCc1ccncc1)c1ccc(C(C)(C)C)cc1. The minimum Gasteiger partial charge on any atom is -0.313 e.